The summed E-state index contributed by atoms with van der Waals surface area (Å²) in [4.78, 5) is 19.9. The molecule has 2 aromatic carbocycles. The van der Waals surface area contributed by atoms with Crippen molar-refractivity contribution in [2.45, 2.75) is 33.6 Å². The second-order valence-electron chi connectivity index (χ2n) is 8.16. The van der Waals surface area contributed by atoms with Crippen LogP contribution in [0.5, 0.6) is 23.0 Å². The van der Waals surface area contributed by atoms with E-state index in [9.17, 15) is 9.90 Å². The van der Waals surface area contributed by atoms with Crippen LogP contribution in [0.25, 0.3) is 11.1 Å². The van der Waals surface area contributed by atoms with E-state index in [1.165, 1.54) is 27.7 Å². The lowest BCUT2D eigenvalue weighted by molar-refractivity contribution is 0.276. The van der Waals surface area contributed by atoms with Crippen LogP contribution >= 0.6 is 23.2 Å². The molecule has 3 rings (SSSR count). The number of hydrogen-bond donors (Lipinski definition) is 2. The van der Waals surface area contributed by atoms with Crippen LogP contribution in [0.2, 0.25) is 10.0 Å². The SMILES string of the molecule is C=C(COc1ccc(Cl)c(Cl)c1)OC(=NC)c1c(O)c(-c2c(OC)cccc2OC)c(CC)[nH]c1=O.CCC. The number of benzene rings is 2. The van der Waals surface area contributed by atoms with Crippen LogP contribution in [-0.4, -0.2) is 43.9 Å². The van der Waals surface area contributed by atoms with E-state index in [0.29, 0.717) is 50.5 Å². The Morgan fingerprint density at radius 3 is 2.15 bits per heavy atom. The molecule has 0 bridgehead atoms. The highest BCUT2D eigenvalue weighted by Crippen LogP contribution is 2.44. The largest absolute Gasteiger partial charge is 0.506 e. The van der Waals surface area contributed by atoms with Crippen molar-refractivity contribution in [3.05, 3.63) is 80.4 Å². The molecule has 0 unspecified atom stereocenters. The molecule has 0 saturated carbocycles. The first-order valence-electron chi connectivity index (χ1n) is 12.3. The maximum absolute atomic E-state index is 13.0. The third kappa shape index (κ3) is 7.71. The lowest BCUT2D eigenvalue weighted by Gasteiger charge is -2.19. The summed E-state index contributed by atoms with van der Waals surface area (Å²) in [6.07, 6.45) is 1.67. The van der Waals surface area contributed by atoms with E-state index in [1.54, 1.807) is 36.4 Å². The van der Waals surface area contributed by atoms with Gasteiger partial charge in [0.2, 0.25) is 5.90 Å². The van der Waals surface area contributed by atoms with Crippen molar-refractivity contribution in [1.29, 1.82) is 0 Å². The van der Waals surface area contributed by atoms with Gasteiger partial charge in [-0.3, -0.25) is 9.79 Å². The average molecular weight is 578 g/mol. The van der Waals surface area contributed by atoms with E-state index >= 15 is 0 Å². The van der Waals surface area contributed by atoms with E-state index in [-0.39, 0.29) is 29.6 Å². The highest BCUT2D eigenvalue weighted by atomic mass is 35.5. The van der Waals surface area contributed by atoms with E-state index in [4.69, 9.17) is 42.1 Å². The third-order valence-electron chi connectivity index (χ3n) is 5.25. The van der Waals surface area contributed by atoms with Gasteiger partial charge in [0, 0.05) is 18.8 Å². The predicted octanol–water partition coefficient (Wildman–Crippen LogP) is 7.04. The van der Waals surface area contributed by atoms with E-state index in [0.717, 1.165) is 0 Å². The zero-order valence-corrected chi connectivity index (χ0v) is 24.5. The first-order valence-corrected chi connectivity index (χ1v) is 13.0. The average Bonchev–Trinajstić information content (AvgIpc) is 2.92. The molecule has 39 heavy (non-hydrogen) atoms. The van der Waals surface area contributed by atoms with Gasteiger partial charge >= 0.3 is 0 Å². The fourth-order valence-electron chi connectivity index (χ4n) is 3.57. The van der Waals surface area contributed by atoms with Crippen molar-refractivity contribution >= 4 is 29.1 Å². The summed E-state index contributed by atoms with van der Waals surface area (Å²) in [5, 5.41) is 12.1. The summed E-state index contributed by atoms with van der Waals surface area (Å²) in [6.45, 7) is 9.86. The van der Waals surface area contributed by atoms with Gasteiger partial charge in [-0.1, -0.05) is 63.0 Å². The van der Waals surface area contributed by atoms with Crippen LogP contribution < -0.4 is 19.8 Å². The van der Waals surface area contributed by atoms with Crippen molar-refractivity contribution < 1.29 is 24.1 Å². The number of ether oxygens (including phenoxy) is 4. The summed E-state index contributed by atoms with van der Waals surface area (Å²) < 4.78 is 22.4. The van der Waals surface area contributed by atoms with E-state index in [1.807, 2.05) is 6.92 Å². The molecular formula is C29H34Cl2N2O6. The van der Waals surface area contributed by atoms with Gasteiger partial charge in [0.1, 0.15) is 40.9 Å². The maximum atomic E-state index is 13.0. The van der Waals surface area contributed by atoms with Gasteiger partial charge in [-0.2, -0.15) is 0 Å². The summed E-state index contributed by atoms with van der Waals surface area (Å²) in [5.74, 6) is 1.01. The summed E-state index contributed by atoms with van der Waals surface area (Å²) in [6, 6.07) is 10.0. The zero-order valence-electron chi connectivity index (χ0n) is 23.0. The first kappa shape index (κ1) is 31.6. The van der Waals surface area contributed by atoms with Crippen LogP contribution in [0, 0.1) is 0 Å². The number of aromatic amines is 1. The summed E-state index contributed by atoms with van der Waals surface area (Å²) >= 11 is 11.9. The zero-order chi connectivity index (χ0) is 29.1. The molecule has 1 heterocycles. The third-order valence-corrected chi connectivity index (χ3v) is 5.99. The number of aromatic nitrogens is 1. The fourth-order valence-corrected chi connectivity index (χ4v) is 3.86. The van der Waals surface area contributed by atoms with Crippen molar-refractivity contribution in [3.8, 4) is 34.1 Å². The monoisotopic (exact) mass is 576 g/mol. The maximum Gasteiger partial charge on any atom is 0.264 e. The van der Waals surface area contributed by atoms with Crippen LogP contribution in [0.1, 0.15) is 38.4 Å². The minimum absolute atomic E-state index is 0.0735. The number of pyridine rings is 1. The number of rotatable bonds is 9. The molecule has 0 aliphatic carbocycles. The Balaban J connectivity index is 0.00000170. The molecule has 210 valence electrons. The highest BCUT2D eigenvalue weighted by molar-refractivity contribution is 6.42. The van der Waals surface area contributed by atoms with Gasteiger partial charge in [0.05, 0.1) is 35.4 Å². The van der Waals surface area contributed by atoms with Crippen molar-refractivity contribution in [3.63, 3.8) is 0 Å². The van der Waals surface area contributed by atoms with Crippen LogP contribution in [0.4, 0.5) is 0 Å². The Morgan fingerprint density at radius 1 is 1.03 bits per heavy atom. The number of aromatic hydroxyl groups is 1. The molecule has 0 saturated heterocycles. The number of H-pyrrole nitrogens is 1. The minimum Gasteiger partial charge on any atom is -0.506 e. The minimum atomic E-state index is -0.583. The van der Waals surface area contributed by atoms with Gasteiger partial charge in [-0.25, -0.2) is 0 Å². The summed E-state index contributed by atoms with van der Waals surface area (Å²) in [5.41, 5.74) is 0.547. The van der Waals surface area contributed by atoms with Crippen LogP contribution in [-0.2, 0) is 11.2 Å². The van der Waals surface area contributed by atoms with Crippen molar-refractivity contribution in [1.82, 2.24) is 4.98 Å². The lowest BCUT2D eigenvalue weighted by atomic mass is 9.97. The van der Waals surface area contributed by atoms with Crippen LogP contribution in [0.15, 0.2) is 58.5 Å². The van der Waals surface area contributed by atoms with Crippen LogP contribution in [0.3, 0.4) is 0 Å². The Kier molecular flexibility index (Phi) is 12.2. The van der Waals surface area contributed by atoms with Gasteiger partial charge in [0.25, 0.3) is 5.56 Å². The normalized spacial score (nSPS) is 10.8. The number of aliphatic imine (C=N–C) groups is 1. The number of halogens is 2. The molecule has 1 aromatic heterocycles. The fraction of sp³-hybridized carbons (Fsp3) is 0.310. The molecule has 0 amide bonds. The van der Waals surface area contributed by atoms with Gasteiger partial charge in [0.15, 0.2) is 0 Å². The topological polar surface area (TPSA) is 102 Å². The number of hydrogen-bond acceptors (Lipinski definition) is 7. The molecule has 0 aliphatic heterocycles. The Hall–Kier alpha value is -3.62. The molecule has 10 heteroatoms. The molecule has 0 spiro atoms. The molecule has 0 aliphatic rings. The number of methoxy groups -OCH3 is 2. The first-order chi connectivity index (χ1) is 18.7. The standard InChI is InChI=1S/C26H26Cl2N2O6.C3H8/c1-6-18-21(22-19(33-4)8-7-9-20(22)34-5)24(31)23(25(32)30-18)26(29-3)36-14(2)13-35-15-10-11-16(27)17(28)12-15;1-3-2/h7-12H,2,6,13H2,1,3-5H3,(H2,30,31,32);3H2,1-2H3. The molecule has 0 atom stereocenters. The van der Waals surface area contributed by atoms with E-state index in [2.05, 4.69) is 30.4 Å². The Labute approximate surface area is 238 Å². The molecule has 3 aromatic rings. The molecule has 2 N–H and O–H groups in total. The second-order valence-corrected chi connectivity index (χ2v) is 8.98. The van der Waals surface area contributed by atoms with Gasteiger partial charge < -0.3 is 29.0 Å². The van der Waals surface area contributed by atoms with Gasteiger partial charge in [-0.05, 0) is 30.7 Å². The molecular weight excluding hydrogens is 543 g/mol. The van der Waals surface area contributed by atoms with E-state index < -0.39 is 5.56 Å². The summed E-state index contributed by atoms with van der Waals surface area (Å²) in [7, 11) is 4.44. The Bertz CT molecular complexity index is 1360. The lowest BCUT2D eigenvalue weighted by Crippen LogP contribution is -2.23. The quantitative estimate of drug-likeness (QED) is 0.161. The smallest absolute Gasteiger partial charge is 0.264 e. The molecule has 0 fully saturated rings. The Morgan fingerprint density at radius 2 is 1.64 bits per heavy atom. The number of aryl methyl sites for hydroxylation is 1. The second kappa shape index (κ2) is 15.1. The highest BCUT2D eigenvalue weighted by Gasteiger charge is 2.27. The number of nitrogens with one attached hydrogen (secondary N) is 1. The van der Waals surface area contributed by atoms with Gasteiger partial charge in [-0.15, -0.1) is 0 Å². The molecule has 8 nitrogen and oxygen atoms in total. The van der Waals surface area contributed by atoms with Crippen molar-refractivity contribution in [2.24, 2.45) is 4.99 Å². The predicted molar refractivity (Wildman–Crippen MR) is 157 cm³/mol. The number of nitrogens with zero attached hydrogens (tertiary/aromatic N) is 1. The molecule has 0 radical (unpaired) electrons. The van der Waals surface area contributed by atoms with Crippen molar-refractivity contribution in [2.75, 3.05) is 27.9 Å².